The molecular weight excluding hydrogens is 286 g/mol. The molecule has 7 nitrogen and oxygen atoms in total. The van der Waals surface area contributed by atoms with Gasteiger partial charge >= 0.3 is 5.97 Å². The Labute approximate surface area is 117 Å². The highest BCUT2D eigenvalue weighted by Crippen LogP contribution is 2.21. The molecule has 0 aliphatic carbocycles. The number of phenolic OH excluding ortho intramolecular Hbond substituents is 1. The second kappa shape index (κ2) is 5.54. The van der Waals surface area contributed by atoms with Crippen molar-refractivity contribution in [1.82, 2.24) is 9.97 Å². The number of nitrogens with zero attached hydrogens (tertiary/aromatic N) is 2. The zero-order valence-electron chi connectivity index (χ0n) is 9.87. The van der Waals surface area contributed by atoms with E-state index in [0.29, 0.717) is 0 Å². The molecule has 1 amide bonds. The lowest BCUT2D eigenvalue weighted by atomic mass is 10.1. The average molecular weight is 294 g/mol. The summed E-state index contributed by atoms with van der Waals surface area (Å²) < 4.78 is 0. The van der Waals surface area contributed by atoms with Crippen molar-refractivity contribution in [3.05, 3.63) is 47.0 Å². The Morgan fingerprint density at radius 3 is 2.65 bits per heavy atom. The minimum atomic E-state index is -1.28. The predicted molar refractivity (Wildman–Crippen MR) is 70.1 cm³/mol. The first kappa shape index (κ1) is 13.8. The molecule has 1 aromatic heterocycles. The van der Waals surface area contributed by atoms with Gasteiger partial charge in [-0.05, 0) is 18.2 Å². The van der Waals surface area contributed by atoms with Gasteiger partial charge in [-0.2, -0.15) is 0 Å². The zero-order chi connectivity index (χ0) is 14.7. The summed E-state index contributed by atoms with van der Waals surface area (Å²) in [5.41, 5.74) is -0.266. The van der Waals surface area contributed by atoms with Crippen molar-refractivity contribution < 1.29 is 19.8 Å². The Morgan fingerprint density at radius 1 is 1.25 bits per heavy atom. The van der Waals surface area contributed by atoms with Crippen LogP contribution in [-0.4, -0.2) is 32.1 Å². The van der Waals surface area contributed by atoms with Crippen molar-refractivity contribution in [2.45, 2.75) is 0 Å². The first-order chi connectivity index (χ1) is 9.47. The molecule has 0 bridgehead atoms. The Morgan fingerprint density at radius 2 is 2.00 bits per heavy atom. The molecule has 1 aromatic carbocycles. The summed E-state index contributed by atoms with van der Waals surface area (Å²) in [5, 5.41) is 20.7. The summed E-state index contributed by atoms with van der Waals surface area (Å²) in [7, 11) is 0. The molecule has 8 heteroatoms. The van der Waals surface area contributed by atoms with Gasteiger partial charge in [0.05, 0.1) is 23.6 Å². The molecule has 0 fully saturated rings. The number of nitrogens with one attached hydrogen (secondary N) is 1. The Kier molecular flexibility index (Phi) is 3.81. The lowest BCUT2D eigenvalue weighted by molar-refractivity contribution is 0.0697. The number of carbonyl (C=O) groups excluding carboxylic acids is 1. The molecule has 0 aliphatic heterocycles. The fraction of sp³-hybridized carbons (Fsp3) is 0. The maximum Gasteiger partial charge on any atom is 0.337 e. The number of phenols is 1. The van der Waals surface area contributed by atoms with Crippen molar-refractivity contribution in [3.8, 4) is 5.75 Å². The van der Waals surface area contributed by atoms with Gasteiger partial charge in [0, 0.05) is 0 Å². The topological polar surface area (TPSA) is 112 Å². The molecule has 2 aromatic rings. The van der Waals surface area contributed by atoms with E-state index in [1.807, 2.05) is 0 Å². The summed E-state index contributed by atoms with van der Waals surface area (Å²) in [4.78, 5) is 30.4. The molecule has 20 heavy (non-hydrogen) atoms. The molecule has 0 spiro atoms. The standard InChI is InChI=1S/C12H8ClN3O4/c13-10-5-14-4-9(15-10)11(18)16-8-2-1-6(17)3-7(8)12(19)20/h1-5,17H,(H,16,18)(H,19,20). The van der Waals surface area contributed by atoms with Crippen molar-refractivity contribution >= 4 is 29.2 Å². The van der Waals surface area contributed by atoms with E-state index in [1.54, 1.807) is 0 Å². The number of aromatic hydroxyl groups is 1. The van der Waals surface area contributed by atoms with Crippen LogP contribution in [0.2, 0.25) is 5.15 Å². The van der Waals surface area contributed by atoms with Crippen LogP contribution in [0.15, 0.2) is 30.6 Å². The number of aromatic carboxylic acids is 1. The van der Waals surface area contributed by atoms with Crippen molar-refractivity contribution in [3.63, 3.8) is 0 Å². The molecule has 0 aliphatic rings. The normalized spacial score (nSPS) is 10.1. The Hall–Kier alpha value is -2.67. The van der Waals surface area contributed by atoms with E-state index in [4.69, 9.17) is 16.7 Å². The van der Waals surface area contributed by atoms with Gasteiger partial charge in [0.15, 0.2) is 0 Å². The quantitative estimate of drug-likeness (QED) is 0.744. The van der Waals surface area contributed by atoms with Gasteiger partial charge in [-0.1, -0.05) is 11.6 Å². The van der Waals surface area contributed by atoms with E-state index in [2.05, 4.69) is 15.3 Å². The lowest BCUT2D eigenvalue weighted by Gasteiger charge is -2.08. The van der Waals surface area contributed by atoms with E-state index >= 15 is 0 Å². The van der Waals surface area contributed by atoms with Crippen molar-refractivity contribution in [2.75, 3.05) is 5.32 Å². The second-order valence-corrected chi connectivity index (χ2v) is 4.10. The lowest BCUT2D eigenvalue weighted by Crippen LogP contribution is -2.16. The van der Waals surface area contributed by atoms with E-state index < -0.39 is 11.9 Å². The minimum Gasteiger partial charge on any atom is -0.508 e. The number of hydrogen-bond donors (Lipinski definition) is 3. The molecular formula is C12H8ClN3O4. The van der Waals surface area contributed by atoms with E-state index in [-0.39, 0.29) is 27.8 Å². The van der Waals surface area contributed by atoms with Crippen LogP contribution in [0, 0.1) is 0 Å². The van der Waals surface area contributed by atoms with Crippen LogP contribution >= 0.6 is 11.6 Å². The van der Waals surface area contributed by atoms with Crippen LogP contribution in [0.3, 0.4) is 0 Å². The number of carboxylic acid groups (broad SMARTS) is 1. The maximum absolute atomic E-state index is 11.9. The molecule has 3 N–H and O–H groups in total. The molecule has 0 unspecified atom stereocenters. The molecule has 102 valence electrons. The van der Waals surface area contributed by atoms with Crippen molar-refractivity contribution in [1.29, 1.82) is 0 Å². The number of carbonyl (C=O) groups is 2. The molecule has 0 atom stereocenters. The van der Waals surface area contributed by atoms with Gasteiger partial charge in [-0.25, -0.2) is 9.78 Å². The van der Waals surface area contributed by atoms with E-state index in [1.165, 1.54) is 24.5 Å². The molecule has 0 radical (unpaired) electrons. The molecule has 0 saturated heterocycles. The maximum atomic E-state index is 11.9. The van der Waals surface area contributed by atoms with Gasteiger partial charge in [-0.3, -0.25) is 9.78 Å². The molecule has 1 heterocycles. The number of hydrogen-bond acceptors (Lipinski definition) is 5. The van der Waals surface area contributed by atoms with Crippen LogP contribution < -0.4 is 5.32 Å². The predicted octanol–water partition coefficient (Wildman–Crippen LogP) is 1.79. The Balaban J connectivity index is 2.30. The SMILES string of the molecule is O=C(Nc1ccc(O)cc1C(=O)O)c1cncc(Cl)n1. The number of rotatable bonds is 3. The zero-order valence-corrected chi connectivity index (χ0v) is 10.6. The van der Waals surface area contributed by atoms with Crippen molar-refractivity contribution in [2.24, 2.45) is 0 Å². The second-order valence-electron chi connectivity index (χ2n) is 3.72. The molecule has 2 rings (SSSR count). The fourth-order valence-electron chi connectivity index (χ4n) is 1.46. The van der Waals surface area contributed by atoms with Crippen LogP contribution in [-0.2, 0) is 0 Å². The number of carboxylic acids is 1. The van der Waals surface area contributed by atoms with E-state index in [0.717, 1.165) is 6.07 Å². The van der Waals surface area contributed by atoms with Gasteiger partial charge in [0.2, 0.25) is 0 Å². The monoisotopic (exact) mass is 293 g/mol. The smallest absolute Gasteiger partial charge is 0.337 e. The highest BCUT2D eigenvalue weighted by Gasteiger charge is 2.15. The number of anilines is 1. The first-order valence-corrected chi connectivity index (χ1v) is 5.70. The third-order valence-electron chi connectivity index (χ3n) is 2.32. The minimum absolute atomic E-state index is 0.0297. The van der Waals surface area contributed by atoms with Gasteiger partial charge in [0.1, 0.15) is 16.6 Å². The number of amides is 1. The van der Waals surface area contributed by atoms with Crippen LogP contribution in [0.5, 0.6) is 5.75 Å². The van der Waals surface area contributed by atoms with Gasteiger partial charge in [-0.15, -0.1) is 0 Å². The largest absolute Gasteiger partial charge is 0.508 e. The highest BCUT2D eigenvalue weighted by atomic mass is 35.5. The fourth-order valence-corrected chi connectivity index (χ4v) is 1.60. The van der Waals surface area contributed by atoms with Gasteiger partial charge < -0.3 is 15.5 Å². The first-order valence-electron chi connectivity index (χ1n) is 5.32. The molecule has 0 saturated carbocycles. The number of halogens is 1. The van der Waals surface area contributed by atoms with Gasteiger partial charge in [0.25, 0.3) is 5.91 Å². The van der Waals surface area contributed by atoms with Crippen LogP contribution in [0.25, 0.3) is 0 Å². The van der Waals surface area contributed by atoms with Crippen LogP contribution in [0.4, 0.5) is 5.69 Å². The summed E-state index contributed by atoms with van der Waals surface area (Å²) in [6, 6.07) is 3.56. The Bertz CT molecular complexity index is 690. The van der Waals surface area contributed by atoms with E-state index in [9.17, 15) is 14.7 Å². The summed E-state index contributed by atoms with van der Waals surface area (Å²) in [5.74, 6) is -2.16. The average Bonchev–Trinajstić information content (AvgIpc) is 2.40. The summed E-state index contributed by atoms with van der Waals surface area (Å²) in [6.45, 7) is 0. The third kappa shape index (κ3) is 3.01. The highest BCUT2D eigenvalue weighted by molar-refractivity contribution is 6.29. The summed E-state index contributed by atoms with van der Waals surface area (Å²) in [6.07, 6.45) is 2.46. The number of aromatic nitrogens is 2. The summed E-state index contributed by atoms with van der Waals surface area (Å²) >= 11 is 5.61. The van der Waals surface area contributed by atoms with Crippen LogP contribution in [0.1, 0.15) is 20.8 Å². The third-order valence-corrected chi connectivity index (χ3v) is 2.50. The number of benzene rings is 1.